The molecule has 1 unspecified atom stereocenters. The van der Waals surface area contributed by atoms with E-state index in [1.165, 1.54) is 11.9 Å². The third kappa shape index (κ3) is 4.31. The Kier molecular flexibility index (Phi) is 7.02. The van der Waals surface area contributed by atoms with Crippen LogP contribution < -0.4 is 15.8 Å². The van der Waals surface area contributed by atoms with E-state index in [9.17, 15) is 18.8 Å². The fraction of sp³-hybridized carbons (Fsp3) is 0.286. The minimum Gasteiger partial charge on any atom is -0.381 e. The molecule has 4 N–H and O–H groups in total. The number of nitrogens with zero attached hydrogens (tertiary/aromatic N) is 1. The summed E-state index contributed by atoms with van der Waals surface area (Å²) in [6.45, 7) is 0.421. The maximum atomic E-state index is 14.5. The van der Waals surface area contributed by atoms with Crippen LogP contribution >= 0.6 is 11.9 Å². The molecule has 10 heteroatoms. The highest BCUT2D eigenvalue weighted by atomic mass is 32.2. The van der Waals surface area contributed by atoms with Gasteiger partial charge in [-0.1, -0.05) is 18.2 Å². The summed E-state index contributed by atoms with van der Waals surface area (Å²) in [5, 5.41) is 11.3. The quantitative estimate of drug-likeness (QED) is 0.308. The number of nitrogens with two attached hydrogens (primary N) is 1. The summed E-state index contributed by atoms with van der Waals surface area (Å²) in [7, 11) is 3.17. The van der Waals surface area contributed by atoms with Crippen molar-refractivity contribution < 1.29 is 18.8 Å². The van der Waals surface area contributed by atoms with Crippen molar-refractivity contribution >= 4 is 43.6 Å². The van der Waals surface area contributed by atoms with Crippen LogP contribution in [-0.2, 0) is 22.7 Å². The van der Waals surface area contributed by atoms with Crippen LogP contribution in [0.2, 0.25) is 0 Å². The van der Waals surface area contributed by atoms with E-state index in [0.717, 1.165) is 23.8 Å². The fourth-order valence-corrected chi connectivity index (χ4v) is 4.24. The molecule has 31 heavy (non-hydrogen) atoms. The molecule has 2 aromatic rings. The molecule has 1 heterocycles. The first-order chi connectivity index (χ1) is 14.9. The van der Waals surface area contributed by atoms with E-state index in [2.05, 4.69) is 10.6 Å². The summed E-state index contributed by atoms with van der Waals surface area (Å²) in [6, 6.07) is 10.3. The molecule has 0 fully saturated rings. The summed E-state index contributed by atoms with van der Waals surface area (Å²) >= 11 is 0.849. The van der Waals surface area contributed by atoms with Crippen LogP contribution in [0, 0.1) is 5.82 Å². The van der Waals surface area contributed by atoms with Gasteiger partial charge in [0.25, 0.3) is 5.91 Å². The second-order valence-electron chi connectivity index (χ2n) is 7.48. The van der Waals surface area contributed by atoms with Crippen molar-refractivity contribution in [3.8, 4) is 0 Å². The third-order valence-electron chi connectivity index (χ3n) is 5.67. The van der Waals surface area contributed by atoms with Crippen molar-refractivity contribution in [1.82, 2.24) is 10.2 Å². The monoisotopic (exact) mass is 442 g/mol. The minimum atomic E-state index is -1.16. The Morgan fingerprint density at radius 2 is 2.10 bits per heavy atom. The maximum absolute atomic E-state index is 14.5. The standard InChI is InChI=1S/C21H24BFN4O3S/c1-25-20(30)21(22,9-4-10-28)27-12-15-14(19(27)29)6-3-7-16(15)26-11-13-5-2-8-17(31-24)18(13)23/h2-3,5-8,10,26H,4,9,11-12,22,24H2,1H3,(H,25,30). The van der Waals surface area contributed by atoms with Gasteiger partial charge >= 0.3 is 0 Å². The number of aldehydes is 1. The molecule has 0 aromatic heterocycles. The largest absolute Gasteiger partial charge is 0.381 e. The summed E-state index contributed by atoms with van der Waals surface area (Å²) in [5.41, 5.74) is 1.20. The summed E-state index contributed by atoms with van der Waals surface area (Å²) in [4.78, 5) is 38.6. The first kappa shape index (κ1) is 22.8. The molecule has 2 aromatic carbocycles. The second kappa shape index (κ2) is 9.53. The molecular formula is C21H24BFN4O3S. The van der Waals surface area contributed by atoms with Crippen LogP contribution in [0.5, 0.6) is 0 Å². The minimum absolute atomic E-state index is 0.157. The predicted molar refractivity (Wildman–Crippen MR) is 121 cm³/mol. The van der Waals surface area contributed by atoms with Crippen LogP contribution in [0.1, 0.15) is 34.3 Å². The zero-order valence-electron chi connectivity index (χ0n) is 17.4. The zero-order valence-corrected chi connectivity index (χ0v) is 18.2. The Balaban J connectivity index is 1.88. The van der Waals surface area contributed by atoms with Gasteiger partial charge in [0.2, 0.25) is 5.91 Å². The van der Waals surface area contributed by atoms with Crippen molar-refractivity contribution in [3.05, 3.63) is 58.9 Å². The molecule has 3 rings (SSSR count). The van der Waals surface area contributed by atoms with Crippen LogP contribution in [-0.4, -0.2) is 43.3 Å². The lowest BCUT2D eigenvalue weighted by Gasteiger charge is -2.37. The number of nitrogens with one attached hydrogen (secondary N) is 2. The van der Waals surface area contributed by atoms with Crippen molar-refractivity contribution in [1.29, 1.82) is 0 Å². The fourth-order valence-electron chi connectivity index (χ4n) is 3.85. The van der Waals surface area contributed by atoms with E-state index in [1.54, 1.807) is 38.2 Å². The lowest BCUT2D eigenvalue weighted by molar-refractivity contribution is -0.127. The molecule has 0 aliphatic carbocycles. The Bertz CT molecular complexity index is 1020. The first-order valence-corrected chi connectivity index (χ1v) is 10.7. The van der Waals surface area contributed by atoms with E-state index < -0.39 is 5.44 Å². The second-order valence-corrected chi connectivity index (χ2v) is 8.16. The number of benzene rings is 2. The molecule has 0 radical (unpaired) electrons. The van der Waals surface area contributed by atoms with Gasteiger partial charge in [0, 0.05) is 48.9 Å². The normalized spacial score (nSPS) is 14.7. The van der Waals surface area contributed by atoms with Crippen molar-refractivity contribution in [3.63, 3.8) is 0 Å². The molecule has 1 atom stereocenters. The first-order valence-electron chi connectivity index (χ1n) is 9.85. The van der Waals surface area contributed by atoms with Crippen molar-refractivity contribution in [2.24, 2.45) is 5.14 Å². The third-order valence-corrected chi connectivity index (χ3v) is 6.24. The van der Waals surface area contributed by atoms with E-state index in [-0.39, 0.29) is 43.6 Å². The SMILES string of the molecule is BC(CCC=O)(C(=O)NC)N1Cc2c(NCc3cccc(SN)c3F)cccc2C1=O. The van der Waals surface area contributed by atoms with E-state index >= 15 is 0 Å². The predicted octanol–water partition coefficient (Wildman–Crippen LogP) is 1.41. The van der Waals surface area contributed by atoms with Crippen LogP contribution in [0.15, 0.2) is 41.3 Å². The molecule has 0 saturated carbocycles. The van der Waals surface area contributed by atoms with Crippen molar-refractivity contribution in [2.75, 3.05) is 12.4 Å². The van der Waals surface area contributed by atoms with Gasteiger partial charge in [0.1, 0.15) is 19.9 Å². The highest BCUT2D eigenvalue weighted by molar-refractivity contribution is 7.97. The Labute approximate surface area is 185 Å². The molecule has 1 aliphatic rings. The molecular weight excluding hydrogens is 418 g/mol. The zero-order chi connectivity index (χ0) is 22.6. The molecule has 162 valence electrons. The average molecular weight is 442 g/mol. The highest BCUT2D eigenvalue weighted by Gasteiger charge is 2.45. The number of likely N-dealkylation sites (N-methyl/N-ethyl adjacent to an activating group) is 1. The van der Waals surface area contributed by atoms with E-state index in [0.29, 0.717) is 21.7 Å². The Hall–Kier alpha value is -2.85. The number of rotatable bonds is 9. The highest BCUT2D eigenvalue weighted by Crippen LogP contribution is 2.35. The number of hydrogen-bond donors (Lipinski definition) is 3. The Morgan fingerprint density at radius 1 is 1.35 bits per heavy atom. The lowest BCUT2D eigenvalue weighted by atomic mass is 9.71. The summed E-state index contributed by atoms with van der Waals surface area (Å²) < 4.78 is 14.5. The van der Waals surface area contributed by atoms with Gasteiger partial charge in [0.15, 0.2) is 0 Å². The lowest BCUT2D eigenvalue weighted by Crippen LogP contribution is -2.59. The van der Waals surface area contributed by atoms with Gasteiger partial charge in [0.05, 0.1) is 10.3 Å². The van der Waals surface area contributed by atoms with Crippen LogP contribution in [0.4, 0.5) is 10.1 Å². The topological polar surface area (TPSA) is 105 Å². The Morgan fingerprint density at radius 3 is 2.77 bits per heavy atom. The summed E-state index contributed by atoms with van der Waals surface area (Å²) in [6.07, 6.45) is 1.11. The van der Waals surface area contributed by atoms with Gasteiger partial charge in [-0.05, 0) is 36.6 Å². The number of halogens is 1. The smallest absolute Gasteiger partial charge is 0.254 e. The molecule has 2 amide bonds. The molecule has 0 bridgehead atoms. The number of carbonyl (C=O) groups excluding carboxylic acids is 3. The van der Waals surface area contributed by atoms with Crippen molar-refractivity contribution in [2.45, 2.75) is 36.3 Å². The van der Waals surface area contributed by atoms with Crippen LogP contribution in [0.25, 0.3) is 0 Å². The number of anilines is 1. The summed E-state index contributed by atoms with van der Waals surface area (Å²) in [5.74, 6) is -0.986. The van der Waals surface area contributed by atoms with E-state index in [4.69, 9.17) is 5.14 Å². The maximum Gasteiger partial charge on any atom is 0.254 e. The van der Waals surface area contributed by atoms with Gasteiger partial charge < -0.3 is 20.3 Å². The number of carbonyl (C=O) groups is 3. The average Bonchev–Trinajstić information content (AvgIpc) is 3.14. The molecule has 1 aliphatic heterocycles. The van der Waals surface area contributed by atoms with Gasteiger partial charge in [-0.2, -0.15) is 0 Å². The molecule has 0 spiro atoms. The van der Waals surface area contributed by atoms with Gasteiger partial charge in [-0.25, -0.2) is 4.39 Å². The number of hydrogen-bond acceptors (Lipinski definition) is 6. The van der Waals surface area contributed by atoms with E-state index in [1.807, 2.05) is 6.07 Å². The van der Waals surface area contributed by atoms with Gasteiger partial charge in [-0.3, -0.25) is 14.7 Å². The molecule has 7 nitrogen and oxygen atoms in total. The van der Waals surface area contributed by atoms with Gasteiger partial charge in [-0.15, -0.1) is 0 Å². The number of amides is 2. The number of fused-ring (bicyclic) bond motifs is 1. The van der Waals surface area contributed by atoms with Crippen LogP contribution in [0.3, 0.4) is 0 Å². The molecule has 0 saturated heterocycles.